The van der Waals surface area contributed by atoms with Crippen LogP contribution in [0.5, 0.6) is 0 Å². The zero-order valence-corrected chi connectivity index (χ0v) is 23.6. The topological polar surface area (TPSA) is 127 Å². The molecule has 1 amide bonds. The van der Waals surface area contributed by atoms with Crippen molar-refractivity contribution in [2.24, 2.45) is 5.73 Å². The third-order valence-corrected chi connectivity index (χ3v) is 6.82. The molecule has 2 atom stereocenters. The number of nitrogens with one attached hydrogen (secondary N) is 1. The summed E-state index contributed by atoms with van der Waals surface area (Å²) in [5.74, 6) is 7.93. The molecular formula is C32H35N5O5. The molecule has 42 heavy (non-hydrogen) atoms. The predicted octanol–water partition coefficient (Wildman–Crippen LogP) is 4.78. The van der Waals surface area contributed by atoms with E-state index >= 15 is 0 Å². The summed E-state index contributed by atoms with van der Waals surface area (Å²) in [6, 6.07) is 17.8. The Hall–Kier alpha value is -4.43. The molecule has 0 bridgehead atoms. The van der Waals surface area contributed by atoms with Gasteiger partial charge in [-0.15, -0.1) is 0 Å². The number of ether oxygens (including phenoxy) is 3. The highest BCUT2D eigenvalue weighted by molar-refractivity contribution is 5.64. The van der Waals surface area contributed by atoms with E-state index in [1.165, 1.54) is 0 Å². The second-order valence-corrected chi connectivity index (χ2v) is 10.0. The van der Waals surface area contributed by atoms with Crippen molar-refractivity contribution in [1.29, 1.82) is 0 Å². The molecule has 5 rings (SSSR count). The first kappa shape index (κ1) is 29.1. The molecule has 218 valence electrons. The van der Waals surface area contributed by atoms with Gasteiger partial charge in [-0.3, -0.25) is 0 Å². The van der Waals surface area contributed by atoms with E-state index in [0.717, 1.165) is 59.6 Å². The van der Waals surface area contributed by atoms with E-state index in [1.807, 2.05) is 72.3 Å². The molecule has 10 nitrogen and oxygen atoms in total. The molecule has 3 N–H and O–H groups in total. The maximum atomic E-state index is 10.6. The number of carbonyl (C=O) groups is 1. The average Bonchev–Trinajstić information content (AvgIpc) is 3.67. The van der Waals surface area contributed by atoms with Gasteiger partial charge in [-0.25, -0.2) is 9.78 Å². The van der Waals surface area contributed by atoms with E-state index in [0.29, 0.717) is 25.4 Å². The highest BCUT2D eigenvalue weighted by Crippen LogP contribution is 2.25. The Kier molecular flexibility index (Phi) is 10.0. The van der Waals surface area contributed by atoms with Crippen LogP contribution in [0.4, 0.5) is 4.79 Å². The first-order chi connectivity index (χ1) is 20.5. The van der Waals surface area contributed by atoms with E-state index in [4.69, 9.17) is 24.5 Å². The van der Waals surface area contributed by atoms with Gasteiger partial charge in [-0.05, 0) is 68.1 Å². The van der Waals surface area contributed by atoms with E-state index in [1.54, 1.807) is 6.20 Å². The van der Waals surface area contributed by atoms with Crippen molar-refractivity contribution >= 4 is 6.09 Å². The highest BCUT2D eigenvalue weighted by Gasteiger charge is 2.21. The molecule has 0 saturated carbocycles. The summed E-state index contributed by atoms with van der Waals surface area (Å²) in [4.78, 5) is 15.1. The van der Waals surface area contributed by atoms with Crippen LogP contribution in [0.15, 0.2) is 71.5 Å². The molecule has 0 aliphatic carbocycles. The van der Waals surface area contributed by atoms with Gasteiger partial charge in [0.25, 0.3) is 0 Å². The number of nitrogens with two attached hydrogens (primary N) is 1. The first-order valence-electron chi connectivity index (χ1n) is 14.1. The summed E-state index contributed by atoms with van der Waals surface area (Å²) >= 11 is 0. The van der Waals surface area contributed by atoms with Crippen molar-refractivity contribution in [2.45, 2.75) is 51.7 Å². The van der Waals surface area contributed by atoms with Crippen molar-refractivity contribution in [1.82, 2.24) is 20.0 Å². The summed E-state index contributed by atoms with van der Waals surface area (Å²) in [7, 11) is 0. The number of nitrogens with zero attached hydrogens (tertiary/aromatic N) is 3. The van der Waals surface area contributed by atoms with Gasteiger partial charge >= 0.3 is 6.09 Å². The minimum atomic E-state index is -0.765. The third-order valence-electron chi connectivity index (χ3n) is 6.82. The monoisotopic (exact) mass is 569 g/mol. The second-order valence-electron chi connectivity index (χ2n) is 10.0. The SMILES string of the molecule is C[C@H](OC1CCCCO1)c1nccn1Cc1cc(-c2ccc(C#Cc3ccc(CNCCOC(N)=O)cc3)cc2)on1. The second kappa shape index (κ2) is 14.5. The molecule has 2 aromatic heterocycles. The lowest BCUT2D eigenvalue weighted by Gasteiger charge is -2.26. The number of aromatic nitrogens is 3. The van der Waals surface area contributed by atoms with Gasteiger partial charge in [0.1, 0.15) is 24.2 Å². The third kappa shape index (κ3) is 8.30. The van der Waals surface area contributed by atoms with Crippen LogP contribution in [0, 0.1) is 11.8 Å². The highest BCUT2D eigenvalue weighted by atomic mass is 16.7. The molecule has 1 aliphatic rings. The van der Waals surface area contributed by atoms with Gasteiger partial charge in [0.2, 0.25) is 0 Å². The molecule has 0 spiro atoms. The fraction of sp³-hybridized carbons (Fsp3) is 0.344. The molecule has 3 heterocycles. The maximum Gasteiger partial charge on any atom is 0.404 e. The smallest absolute Gasteiger partial charge is 0.404 e. The first-order valence-corrected chi connectivity index (χ1v) is 14.1. The summed E-state index contributed by atoms with van der Waals surface area (Å²) in [5.41, 5.74) is 9.60. The lowest BCUT2D eigenvalue weighted by atomic mass is 10.1. The number of carbonyl (C=O) groups excluding carboxylic acids is 1. The van der Waals surface area contributed by atoms with Gasteiger partial charge in [0, 0.05) is 54.8 Å². The molecule has 1 saturated heterocycles. The van der Waals surface area contributed by atoms with Crippen LogP contribution in [0.25, 0.3) is 11.3 Å². The maximum absolute atomic E-state index is 10.6. The Labute approximate surface area is 245 Å². The van der Waals surface area contributed by atoms with Crippen molar-refractivity contribution in [2.75, 3.05) is 19.8 Å². The molecule has 4 aromatic rings. The Balaban J connectivity index is 1.13. The van der Waals surface area contributed by atoms with Crippen LogP contribution < -0.4 is 11.1 Å². The number of primary amides is 1. The van der Waals surface area contributed by atoms with Crippen LogP contribution >= 0.6 is 0 Å². The predicted molar refractivity (Wildman–Crippen MR) is 156 cm³/mol. The van der Waals surface area contributed by atoms with Gasteiger partial charge < -0.3 is 34.4 Å². The quantitative estimate of drug-likeness (QED) is 0.195. The number of hydrogen-bond donors (Lipinski definition) is 2. The van der Waals surface area contributed by atoms with Gasteiger partial charge in [-0.2, -0.15) is 0 Å². The fourth-order valence-corrected chi connectivity index (χ4v) is 4.64. The van der Waals surface area contributed by atoms with Gasteiger partial charge in [-0.1, -0.05) is 29.1 Å². The van der Waals surface area contributed by atoms with Crippen molar-refractivity contribution in [3.8, 4) is 23.2 Å². The number of amides is 1. The van der Waals surface area contributed by atoms with Crippen molar-refractivity contribution in [3.05, 3.63) is 95.2 Å². The average molecular weight is 570 g/mol. The lowest BCUT2D eigenvalue weighted by molar-refractivity contribution is -0.188. The Bertz CT molecular complexity index is 1490. The van der Waals surface area contributed by atoms with E-state index < -0.39 is 6.09 Å². The number of imidazole rings is 1. The van der Waals surface area contributed by atoms with E-state index in [2.05, 4.69) is 27.3 Å². The zero-order valence-electron chi connectivity index (χ0n) is 23.6. The minimum Gasteiger partial charge on any atom is -0.448 e. The number of benzene rings is 2. The molecule has 1 aliphatic heterocycles. The minimum absolute atomic E-state index is 0.179. The van der Waals surface area contributed by atoms with Crippen LogP contribution in [-0.4, -0.2) is 46.8 Å². The summed E-state index contributed by atoms with van der Waals surface area (Å²) in [6.07, 6.45) is 5.67. The Morgan fingerprint density at radius 3 is 2.62 bits per heavy atom. The van der Waals surface area contributed by atoms with Crippen molar-refractivity contribution < 1.29 is 23.5 Å². The van der Waals surface area contributed by atoms with Gasteiger partial charge in [0.05, 0.1) is 6.54 Å². The van der Waals surface area contributed by atoms with Crippen LogP contribution in [0.3, 0.4) is 0 Å². The Morgan fingerprint density at radius 1 is 1.14 bits per heavy atom. The lowest BCUT2D eigenvalue weighted by Crippen LogP contribution is -2.24. The largest absolute Gasteiger partial charge is 0.448 e. The van der Waals surface area contributed by atoms with Gasteiger partial charge in [0.15, 0.2) is 12.1 Å². The van der Waals surface area contributed by atoms with E-state index in [9.17, 15) is 4.79 Å². The summed E-state index contributed by atoms with van der Waals surface area (Å²) in [6.45, 7) is 4.71. The normalized spacial score (nSPS) is 15.5. The van der Waals surface area contributed by atoms with Crippen LogP contribution in [-0.2, 0) is 27.3 Å². The molecule has 1 unspecified atom stereocenters. The van der Waals surface area contributed by atoms with Crippen molar-refractivity contribution in [3.63, 3.8) is 0 Å². The summed E-state index contributed by atoms with van der Waals surface area (Å²) in [5, 5.41) is 7.47. The summed E-state index contributed by atoms with van der Waals surface area (Å²) < 4.78 is 24.2. The molecular weight excluding hydrogens is 534 g/mol. The Morgan fingerprint density at radius 2 is 1.90 bits per heavy atom. The van der Waals surface area contributed by atoms with Crippen LogP contribution in [0.2, 0.25) is 0 Å². The standard InChI is InChI=1S/C32H35N5O5/c1-23(41-30-4-2-3-18-39-30)31-35-15-17-37(31)22-28-20-29(42-36-28)27-13-11-25(12-14-27)6-5-24-7-9-26(10-8-24)21-34-16-19-40-32(33)38/h7-15,17,20,23,30,34H,2-4,16,18-19,21-22H2,1H3,(H2,33,38)/t23-,30?/m0/s1. The number of hydrogen-bond acceptors (Lipinski definition) is 8. The molecule has 0 radical (unpaired) electrons. The van der Waals surface area contributed by atoms with E-state index in [-0.39, 0.29) is 19.0 Å². The molecule has 10 heteroatoms. The molecule has 2 aromatic carbocycles. The zero-order chi connectivity index (χ0) is 29.1. The number of rotatable bonds is 11. The molecule has 1 fully saturated rings. The fourth-order valence-electron chi connectivity index (χ4n) is 4.64. The van der Waals surface area contributed by atoms with Crippen LogP contribution in [0.1, 0.15) is 60.5 Å².